The summed E-state index contributed by atoms with van der Waals surface area (Å²) in [4.78, 5) is 30.7. The molecule has 0 fully saturated rings. The molecule has 2 aromatic heterocycles. The van der Waals surface area contributed by atoms with Crippen LogP contribution >= 0.6 is 0 Å². The predicted octanol–water partition coefficient (Wildman–Crippen LogP) is 0.626. The average molecular weight is 271 g/mol. The fourth-order valence-corrected chi connectivity index (χ4v) is 1.50. The maximum absolute atomic E-state index is 12.0. The highest BCUT2D eigenvalue weighted by atomic mass is 16.2. The van der Waals surface area contributed by atoms with Crippen LogP contribution in [0.3, 0.4) is 0 Å². The quantitative estimate of drug-likeness (QED) is 0.738. The van der Waals surface area contributed by atoms with E-state index in [4.69, 9.17) is 5.73 Å². The SMILES string of the molecule is NC(=O)CNc1ncccc1NC(=O)c1ccccn1. The smallest absolute Gasteiger partial charge is 0.274 e. The van der Waals surface area contributed by atoms with Crippen LogP contribution in [0.4, 0.5) is 11.5 Å². The van der Waals surface area contributed by atoms with E-state index in [2.05, 4.69) is 20.6 Å². The van der Waals surface area contributed by atoms with Crippen LogP contribution in [-0.4, -0.2) is 28.3 Å². The zero-order valence-corrected chi connectivity index (χ0v) is 10.5. The van der Waals surface area contributed by atoms with Crippen molar-refractivity contribution >= 4 is 23.3 Å². The Balaban J connectivity index is 2.13. The molecule has 2 amide bonds. The molecule has 0 bridgehead atoms. The van der Waals surface area contributed by atoms with Crippen molar-refractivity contribution in [3.63, 3.8) is 0 Å². The Bertz CT molecular complexity index is 615. The van der Waals surface area contributed by atoms with Crippen molar-refractivity contribution in [3.8, 4) is 0 Å². The molecular formula is C13H13N5O2. The van der Waals surface area contributed by atoms with Gasteiger partial charge in [0.05, 0.1) is 12.2 Å². The number of hydrogen-bond acceptors (Lipinski definition) is 5. The van der Waals surface area contributed by atoms with Gasteiger partial charge in [0, 0.05) is 12.4 Å². The molecular weight excluding hydrogens is 258 g/mol. The number of nitrogens with one attached hydrogen (secondary N) is 2. The van der Waals surface area contributed by atoms with Crippen LogP contribution in [0, 0.1) is 0 Å². The fourth-order valence-electron chi connectivity index (χ4n) is 1.50. The van der Waals surface area contributed by atoms with E-state index >= 15 is 0 Å². The number of carbonyl (C=O) groups is 2. The van der Waals surface area contributed by atoms with Gasteiger partial charge in [-0.3, -0.25) is 14.6 Å². The van der Waals surface area contributed by atoms with Crippen molar-refractivity contribution in [3.05, 3.63) is 48.4 Å². The lowest BCUT2D eigenvalue weighted by Gasteiger charge is -2.10. The summed E-state index contributed by atoms with van der Waals surface area (Å²) in [6.07, 6.45) is 3.07. The van der Waals surface area contributed by atoms with Crippen LogP contribution in [0.25, 0.3) is 0 Å². The summed E-state index contributed by atoms with van der Waals surface area (Å²) in [6, 6.07) is 8.38. The van der Waals surface area contributed by atoms with Gasteiger partial charge in [-0.05, 0) is 24.3 Å². The molecule has 7 heteroatoms. The van der Waals surface area contributed by atoms with Gasteiger partial charge in [-0.15, -0.1) is 0 Å². The molecule has 2 heterocycles. The fraction of sp³-hybridized carbons (Fsp3) is 0.0769. The molecule has 0 atom stereocenters. The Hall–Kier alpha value is -2.96. The van der Waals surface area contributed by atoms with Gasteiger partial charge in [-0.1, -0.05) is 6.07 Å². The summed E-state index contributed by atoms with van der Waals surface area (Å²) in [7, 11) is 0. The van der Waals surface area contributed by atoms with Crippen LogP contribution in [0.1, 0.15) is 10.5 Å². The van der Waals surface area contributed by atoms with Crippen molar-refractivity contribution in [1.82, 2.24) is 9.97 Å². The van der Waals surface area contributed by atoms with E-state index in [1.165, 1.54) is 6.20 Å². The van der Waals surface area contributed by atoms with Crippen molar-refractivity contribution in [1.29, 1.82) is 0 Å². The van der Waals surface area contributed by atoms with Crippen LogP contribution in [0.15, 0.2) is 42.7 Å². The van der Waals surface area contributed by atoms with Crippen molar-refractivity contribution < 1.29 is 9.59 Å². The molecule has 4 N–H and O–H groups in total. The van der Waals surface area contributed by atoms with E-state index < -0.39 is 5.91 Å². The molecule has 0 saturated heterocycles. The third kappa shape index (κ3) is 3.52. The number of hydrogen-bond donors (Lipinski definition) is 3. The minimum absolute atomic E-state index is 0.0660. The molecule has 0 unspecified atom stereocenters. The Kier molecular flexibility index (Phi) is 4.23. The number of anilines is 2. The molecule has 0 aliphatic rings. The van der Waals surface area contributed by atoms with E-state index in [9.17, 15) is 9.59 Å². The minimum Gasteiger partial charge on any atom is -0.368 e. The number of nitrogens with two attached hydrogens (primary N) is 1. The number of amides is 2. The highest BCUT2D eigenvalue weighted by molar-refractivity contribution is 6.04. The molecule has 0 spiro atoms. The Morgan fingerprint density at radius 3 is 2.60 bits per heavy atom. The molecule has 0 saturated carbocycles. The first-order valence-corrected chi connectivity index (χ1v) is 5.86. The lowest BCUT2D eigenvalue weighted by molar-refractivity contribution is -0.116. The second kappa shape index (κ2) is 6.28. The third-order valence-electron chi connectivity index (χ3n) is 2.38. The normalized spacial score (nSPS) is 9.80. The lowest BCUT2D eigenvalue weighted by atomic mass is 10.3. The average Bonchev–Trinajstić information content (AvgIpc) is 2.47. The summed E-state index contributed by atoms with van der Waals surface area (Å²) >= 11 is 0. The number of pyridine rings is 2. The summed E-state index contributed by atoms with van der Waals surface area (Å²) in [6.45, 7) is -0.0660. The van der Waals surface area contributed by atoms with Gasteiger partial charge < -0.3 is 16.4 Å². The van der Waals surface area contributed by atoms with E-state index in [0.717, 1.165) is 0 Å². The number of aromatic nitrogens is 2. The number of primary amides is 1. The molecule has 20 heavy (non-hydrogen) atoms. The summed E-state index contributed by atoms with van der Waals surface area (Å²) in [5.74, 6) is -0.506. The van der Waals surface area contributed by atoms with Gasteiger partial charge >= 0.3 is 0 Å². The number of carbonyl (C=O) groups excluding carboxylic acids is 2. The first kappa shape index (κ1) is 13.5. The summed E-state index contributed by atoms with van der Waals surface area (Å²) < 4.78 is 0. The maximum atomic E-state index is 12.0. The zero-order chi connectivity index (χ0) is 14.4. The minimum atomic E-state index is -0.516. The van der Waals surface area contributed by atoms with E-state index in [1.54, 1.807) is 36.5 Å². The summed E-state index contributed by atoms with van der Waals surface area (Å²) in [5, 5.41) is 5.42. The van der Waals surface area contributed by atoms with Gasteiger partial charge in [-0.2, -0.15) is 0 Å². The first-order valence-electron chi connectivity index (χ1n) is 5.86. The number of nitrogens with zero attached hydrogens (tertiary/aromatic N) is 2. The molecule has 0 aliphatic carbocycles. The highest BCUT2D eigenvalue weighted by Crippen LogP contribution is 2.18. The maximum Gasteiger partial charge on any atom is 0.274 e. The molecule has 0 radical (unpaired) electrons. The standard InChI is InChI=1S/C13H13N5O2/c14-11(19)8-17-12-9(5-3-7-16-12)18-13(20)10-4-1-2-6-15-10/h1-7H,8H2,(H2,14,19)(H,16,17)(H,18,20). The highest BCUT2D eigenvalue weighted by Gasteiger charge is 2.10. The molecule has 7 nitrogen and oxygen atoms in total. The third-order valence-corrected chi connectivity index (χ3v) is 2.38. The van der Waals surface area contributed by atoms with Gasteiger partial charge in [0.15, 0.2) is 0 Å². The Labute approximate surface area is 115 Å². The van der Waals surface area contributed by atoms with Gasteiger partial charge in [0.2, 0.25) is 5.91 Å². The van der Waals surface area contributed by atoms with Crippen molar-refractivity contribution in [2.75, 3.05) is 17.2 Å². The molecule has 2 aromatic rings. The second-order valence-corrected chi connectivity index (χ2v) is 3.89. The van der Waals surface area contributed by atoms with Crippen LogP contribution in [-0.2, 0) is 4.79 Å². The van der Waals surface area contributed by atoms with Gasteiger partial charge in [0.1, 0.15) is 11.5 Å². The second-order valence-electron chi connectivity index (χ2n) is 3.89. The Morgan fingerprint density at radius 2 is 1.90 bits per heavy atom. The largest absolute Gasteiger partial charge is 0.368 e. The van der Waals surface area contributed by atoms with Gasteiger partial charge in [0.25, 0.3) is 5.91 Å². The number of rotatable bonds is 5. The molecule has 0 aromatic carbocycles. The van der Waals surface area contributed by atoms with E-state index in [0.29, 0.717) is 11.5 Å². The van der Waals surface area contributed by atoms with Crippen LogP contribution in [0.5, 0.6) is 0 Å². The van der Waals surface area contributed by atoms with Gasteiger partial charge in [-0.25, -0.2) is 4.98 Å². The lowest BCUT2D eigenvalue weighted by Crippen LogP contribution is -2.23. The summed E-state index contributed by atoms with van der Waals surface area (Å²) in [5.41, 5.74) is 5.79. The monoisotopic (exact) mass is 271 g/mol. The molecule has 102 valence electrons. The molecule has 0 aliphatic heterocycles. The topological polar surface area (TPSA) is 110 Å². The first-order chi connectivity index (χ1) is 9.66. The van der Waals surface area contributed by atoms with Crippen LogP contribution in [0.2, 0.25) is 0 Å². The Morgan fingerprint density at radius 1 is 1.10 bits per heavy atom. The van der Waals surface area contributed by atoms with Crippen molar-refractivity contribution in [2.24, 2.45) is 5.73 Å². The predicted molar refractivity (Wildman–Crippen MR) is 74.1 cm³/mol. The molecule has 2 rings (SSSR count). The van der Waals surface area contributed by atoms with E-state index in [1.807, 2.05) is 0 Å². The van der Waals surface area contributed by atoms with Crippen molar-refractivity contribution in [2.45, 2.75) is 0 Å². The van der Waals surface area contributed by atoms with E-state index in [-0.39, 0.29) is 18.1 Å². The van der Waals surface area contributed by atoms with Crippen LogP contribution < -0.4 is 16.4 Å². The zero-order valence-electron chi connectivity index (χ0n) is 10.5.